The molecule has 0 amide bonds. The van der Waals surface area contributed by atoms with Crippen LogP contribution < -0.4 is 0 Å². The van der Waals surface area contributed by atoms with E-state index in [9.17, 15) is 10.2 Å². The van der Waals surface area contributed by atoms with Gasteiger partial charge in [0, 0.05) is 11.6 Å². The van der Waals surface area contributed by atoms with E-state index in [4.69, 9.17) is 16.7 Å². The van der Waals surface area contributed by atoms with E-state index in [0.717, 1.165) is 5.39 Å². The molecule has 2 aromatic rings. The monoisotopic (exact) mass is 253 g/mol. The van der Waals surface area contributed by atoms with Crippen molar-refractivity contribution in [2.45, 2.75) is 12.2 Å². The van der Waals surface area contributed by atoms with Gasteiger partial charge in [-0.05, 0) is 17.7 Å². The number of aliphatic hydroxyl groups is 3. The number of aliphatic hydroxyl groups excluding tert-OH is 3. The predicted molar refractivity (Wildman–Crippen MR) is 64.8 cm³/mol. The van der Waals surface area contributed by atoms with Crippen LogP contribution in [0.5, 0.6) is 0 Å². The molecule has 0 radical (unpaired) electrons. The molecule has 0 saturated heterocycles. The Morgan fingerprint density at radius 3 is 2.71 bits per heavy atom. The molecule has 2 unspecified atom stereocenters. The van der Waals surface area contributed by atoms with Crippen molar-refractivity contribution >= 4 is 22.5 Å². The molecule has 0 spiro atoms. The summed E-state index contributed by atoms with van der Waals surface area (Å²) in [6, 6.07) is 6.71. The number of rotatable bonds is 3. The van der Waals surface area contributed by atoms with E-state index in [1.165, 1.54) is 0 Å². The lowest BCUT2D eigenvalue weighted by Gasteiger charge is -2.16. The average molecular weight is 254 g/mol. The highest BCUT2D eigenvalue weighted by molar-refractivity contribution is 6.35. The van der Waals surface area contributed by atoms with Gasteiger partial charge in [-0.1, -0.05) is 23.7 Å². The van der Waals surface area contributed by atoms with Gasteiger partial charge in [0.25, 0.3) is 0 Å². The van der Waals surface area contributed by atoms with E-state index in [1.807, 2.05) is 0 Å². The Morgan fingerprint density at radius 1 is 1.24 bits per heavy atom. The van der Waals surface area contributed by atoms with E-state index in [0.29, 0.717) is 16.1 Å². The maximum Gasteiger partial charge on any atom is 0.107 e. The van der Waals surface area contributed by atoms with Gasteiger partial charge in [0.15, 0.2) is 0 Å². The van der Waals surface area contributed by atoms with Crippen molar-refractivity contribution in [2.75, 3.05) is 6.61 Å². The average Bonchev–Trinajstić information content (AvgIpc) is 2.37. The summed E-state index contributed by atoms with van der Waals surface area (Å²) in [7, 11) is 0. The van der Waals surface area contributed by atoms with Crippen LogP contribution in [0.15, 0.2) is 30.5 Å². The fourth-order valence-electron chi connectivity index (χ4n) is 1.64. The Labute approximate surface area is 103 Å². The minimum Gasteiger partial charge on any atom is -0.394 e. The Hall–Kier alpha value is -1.20. The molecule has 4 nitrogen and oxygen atoms in total. The van der Waals surface area contributed by atoms with Crippen molar-refractivity contribution in [3.8, 4) is 0 Å². The molecule has 5 heteroatoms. The van der Waals surface area contributed by atoms with Gasteiger partial charge in [-0.15, -0.1) is 0 Å². The third kappa shape index (κ3) is 2.40. The second kappa shape index (κ2) is 4.98. The maximum atomic E-state index is 9.75. The molecule has 2 atom stereocenters. The number of hydrogen-bond donors (Lipinski definition) is 3. The van der Waals surface area contributed by atoms with Crippen molar-refractivity contribution in [3.63, 3.8) is 0 Å². The number of fused-ring (bicyclic) bond motifs is 1. The van der Waals surface area contributed by atoms with Crippen molar-refractivity contribution in [1.82, 2.24) is 4.98 Å². The highest BCUT2D eigenvalue weighted by atomic mass is 35.5. The SMILES string of the molecule is OCC(O)C(O)c1ccc2c(Cl)ccnc2c1. The fourth-order valence-corrected chi connectivity index (χ4v) is 1.85. The third-order valence-corrected chi connectivity index (χ3v) is 2.94. The number of aromatic nitrogens is 1. The smallest absolute Gasteiger partial charge is 0.107 e. The first kappa shape index (κ1) is 12.3. The molecule has 0 aliphatic heterocycles. The van der Waals surface area contributed by atoms with Gasteiger partial charge in [-0.2, -0.15) is 0 Å². The van der Waals surface area contributed by atoms with Crippen LogP contribution in [0.2, 0.25) is 5.02 Å². The van der Waals surface area contributed by atoms with E-state index in [1.54, 1.807) is 30.5 Å². The third-order valence-electron chi connectivity index (χ3n) is 2.61. The Morgan fingerprint density at radius 2 is 2.00 bits per heavy atom. The predicted octanol–water partition coefficient (Wildman–Crippen LogP) is 1.27. The highest BCUT2D eigenvalue weighted by Gasteiger charge is 2.17. The summed E-state index contributed by atoms with van der Waals surface area (Å²) in [5.74, 6) is 0. The molecule has 0 fully saturated rings. The van der Waals surface area contributed by atoms with Gasteiger partial charge in [0.05, 0.1) is 17.1 Å². The summed E-state index contributed by atoms with van der Waals surface area (Å²) in [4.78, 5) is 4.13. The second-order valence-electron chi connectivity index (χ2n) is 3.76. The molecule has 90 valence electrons. The Bertz CT molecular complexity index is 532. The molecule has 3 N–H and O–H groups in total. The van der Waals surface area contributed by atoms with Crippen LogP contribution in [-0.2, 0) is 0 Å². The molecule has 0 saturated carbocycles. The number of nitrogens with zero attached hydrogens (tertiary/aromatic N) is 1. The molecule has 2 rings (SSSR count). The lowest BCUT2D eigenvalue weighted by atomic mass is 10.0. The zero-order valence-corrected chi connectivity index (χ0v) is 9.67. The van der Waals surface area contributed by atoms with Crippen molar-refractivity contribution < 1.29 is 15.3 Å². The second-order valence-corrected chi connectivity index (χ2v) is 4.17. The van der Waals surface area contributed by atoms with Gasteiger partial charge in [0.2, 0.25) is 0 Å². The maximum absolute atomic E-state index is 9.75. The van der Waals surface area contributed by atoms with Gasteiger partial charge in [-0.25, -0.2) is 0 Å². The van der Waals surface area contributed by atoms with Crippen LogP contribution >= 0.6 is 11.6 Å². The largest absolute Gasteiger partial charge is 0.394 e. The number of benzene rings is 1. The zero-order chi connectivity index (χ0) is 12.4. The standard InChI is InChI=1S/C12H12ClNO3/c13-9-3-4-14-10-5-7(1-2-8(9)10)12(17)11(16)6-15/h1-5,11-12,15-17H,6H2. The summed E-state index contributed by atoms with van der Waals surface area (Å²) in [6.07, 6.45) is -0.764. The Balaban J connectivity index is 2.45. The number of hydrogen-bond acceptors (Lipinski definition) is 4. The summed E-state index contributed by atoms with van der Waals surface area (Å²) in [5, 5.41) is 29.2. The van der Waals surface area contributed by atoms with Crippen LogP contribution in [0.3, 0.4) is 0 Å². The lowest BCUT2D eigenvalue weighted by molar-refractivity contribution is -0.0152. The minimum atomic E-state index is -1.20. The molecular formula is C12H12ClNO3. The van der Waals surface area contributed by atoms with Crippen LogP contribution in [0.1, 0.15) is 11.7 Å². The van der Waals surface area contributed by atoms with E-state index >= 15 is 0 Å². The Kier molecular flexibility index (Phi) is 3.59. The summed E-state index contributed by atoms with van der Waals surface area (Å²) < 4.78 is 0. The zero-order valence-electron chi connectivity index (χ0n) is 8.92. The number of halogens is 1. The first-order valence-electron chi connectivity index (χ1n) is 5.14. The molecular weight excluding hydrogens is 242 g/mol. The minimum absolute atomic E-state index is 0.494. The first-order valence-corrected chi connectivity index (χ1v) is 5.52. The van der Waals surface area contributed by atoms with Crippen molar-refractivity contribution in [1.29, 1.82) is 0 Å². The number of pyridine rings is 1. The van der Waals surface area contributed by atoms with Crippen LogP contribution in [0.4, 0.5) is 0 Å². The van der Waals surface area contributed by atoms with Crippen LogP contribution in [-0.4, -0.2) is 33.0 Å². The van der Waals surface area contributed by atoms with Crippen LogP contribution in [0.25, 0.3) is 10.9 Å². The lowest BCUT2D eigenvalue weighted by Crippen LogP contribution is -2.21. The first-order chi connectivity index (χ1) is 8.13. The summed E-state index contributed by atoms with van der Waals surface area (Å²) in [6.45, 7) is -0.498. The molecule has 1 aromatic heterocycles. The van der Waals surface area contributed by atoms with E-state index in [-0.39, 0.29) is 0 Å². The molecule has 0 aliphatic carbocycles. The fraction of sp³-hybridized carbons (Fsp3) is 0.250. The van der Waals surface area contributed by atoms with Gasteiger partial charge >= 0.3 is 0 Å². The molecule has 1 aromatic carbocycles. The molecule has 0 bridgehead atoms. The van der Waals surface area contributed by atoms with Gasteiger partial charge in [0.1, 0.15) is 12.2 Å². The van der Waals surface area contributed by atoms with Crippen molar-refractivity contribution in [3.05, 3.63) is 41.0 Å². The van der Waals surface area contributed by atoms with E-state index < -0.39 is 18.8 Å². The van der Waals surface area contributed by atoms with Crippen LogP contribution in [0, 0.1) is 0 Å². The summed E-state index contributed by atoms with van der Waals surface area (Å²) in [5.41, 5.74) is 1.13. The van der Waals surface area contributed by atoms with E-state index in [2.05, 4.69) is 4.98 Å². The van der Waals surface area contributed by atoms with Crippen molar-refractivity contribution in [2.24, 2.45) is 0 Å². The molecule has 1 heterocycles. The molecule has 0 aliphatic rings. The quantitative estimate of drug-likeness (QED) is 0.770. The van der Waals surface area contributed by atoms with Gasteiger partial charge in [-0.3, -0.25) is 4.98 Å². The van der Waals surface area contributed by atoms with Gasteiger partial charge < -0.3 is 15.3 Å². The molecule has 17 heavy (non-hydrogen) atoms. The summed E-state index contributed by atoms with van der Waals surface area (Å²) >= 11 is 5.99. The topological polar surface area (TPSA) is 73.6 Å². The normalized spacial score (nSPS) is 14.8. The highest BCUT2D eigenvalue weighted by Crippen LogP contribution is 2.25.